The molecule has 3 amide bonds. The Balaban J connectivity index is 1.82. The van der Waals surface area contributed by atoms with E-state index in [1.54, 1.807) is 45.0 Å². The van der Waals surface area contributed by atoms with Crippen LogP contribution in [0.3, 0.4) is 0 Å². The second-order valence-corrected chi connectivity index (χ2v) is 11.4. The number of rotatable bonds is 13. The molecule has 2 rings (SSSR count). The van der Waals surface area contributed by atoms with E-state index in [-0.39, 0.29) is 37.4 Å². The quantitative estimate of drug-likeness (QED) is 0.319. The minimum absolute atomic E-state index is 0.143. The van der Waals surface area contributed by atoms with Crippen LogP contribution in [0.1, 0.15) is 76.9 Å². The van der Waals surface area contributed by atoms with Crippen LogP contribution in [0.4, 0.5) is 5.69 Å². The third-order valence-electron chi connectivity index (χ3n) is 6.12. The summed E-state index contributed by atoms with van der Waals surface area (Å²) in [6.07, 6.45) is 2.70. The van der Waals surface area contributed by atoms with Crippen molar-refractivity contribution in [2.24, 2.45) is 11.3 Å². The molecule has 0 aliphatic rings. The Morgan fingerprint density at radius 1 is 0.950 bits per heavy atom. The van der Waals surface area contributed by atoms with Crippen molar-refractivity contribution in [1.29, 1.82) is 0 Å². The summed E-state index contributed by atoms with van der Waals surface area (Å²) in [5.74, 6) is -1.52. The van der Waals surface area contributed by atoms with Crippen LogP contribution in [0.25, 0.3) is 0 Å². The van der Waals surface area contributed by atoms with Gasteiger partial charge in [-0.25, -0.2) is 0 Å². The minimum atomic E-state index is -0.767. The van der Waals surface area contributed by atoms with Crippen LogP contribution in [0, 0.1) is 18.3 Å². The molecular weight excluding hydrogens is 508 g/mol. The highest BCUT2D eigenvalue weighted by molar-refractivity contribution is 5.96. The number of anilines is 1. The normalized spacial score (nSPS) is 12.0. The number of aromatic nitrogens is 1. The summed E-state index contributed by atoms with van der Waals surface area (Å²) >= 11 is 0. The Kier molecular flexibility index (Phi) is 12.3. The zero-order valence-corrected chi connectivity index (χ0v) is 24.8. The van der Waals surface area contributed by atoms with Crippen LogP contribution in [0.15, 0.2) is 36.4 Å². The van der Waals surface area contributed by atoms with Crippen molar-refractivity contribution in [2.45, 2.75) is 86.8 Å². The van der Waals surface area contributed by atoms with Crippen molar-refractivity contribution in [2.75, 3.05) is 11.9 Å². The molecule has 1 aromatic carbocycles. The highest BCUT2D eigenvalue weighted by atomic mass is 16.5. The summed E-state index contributed by atoms with van der Waals surface area (Å²) in [7, 11) is 0. The average molecular weight is 553 g/mol. The molecule has 9 nitrogen and oxygen atoms in total. The van der Waals surface area contributed by atoms with Crippen LogP contribution in [-0.2, 0) is 43.4 Å². The molecule has 0 bridgehead atoms. The lowest BCUT2D eigenvalue weighted by atomic mass is 9.97. The Hall–Kier alpha value is -3.75. The Bertz CT molecular complexity index is 1170. The lowest BCUT2D eigenvalue weighted by molar-refractivity contribution is -0.154. The van der Waals surface area contributed by atoms with Crippen molar-refractivity contribution in [1.82, 2.24) is 15.6 Å². The molecule has 0 aliphatic heterocycles. The molecule has 1 unspecified atom stereocenters. The molecule has 0 saturated heterocycles. The summed E-state index contributed by atoms with van der Waals surface area (Å²) < 4.78 is 5.30. The highest BCUT2D eigenvalue weighted by Crippen LogP contribution is 2.17. The number of hydrogen-bond acceptors (Lipinski definition) is 6. The van der Waals surface area contributed by atoms with E-state index in [0.29, 0.717) is 12.1 Å². The van der Waals surface area contributed by atoms with E-state index >= 15 is 0 Å². The number of hydrogen-bond donors (Lipinski definition) is 3. The maximum atomic E-state index is 12.8. The first kappa shape index (κ1) is 32.5. The van der Waals surface area contributed by atoms with Crippen LogP contribution < -0.4 is 16.0 Å². The average Bonchev–Trinajstić information content (AvgIpc) is 2.87. The van der Waals surface area contributed by atoms with E-state index in [9.17, 15) is 19.2 Å². The summed E-state index contributed by atoms with van der Waals surface area (Å²) in [4.78, 5) is 54.3. The van der Waals surface area contributed by atoms with E-state index in [0.717, 1.165) is 29.8 Å². The SMILES string of the molecule is CCCc1cc(C)nc(CCC(=O)NC(C(=O)NCC(=O)Nc2ccc(COC(=O)C(C)(C)C)cc2)C(C)C)c1. The van der Waals surface area contributed by atoms with Gasteiger partial charge in [-0.2, -0.15) is 0 Å². The Labute approximate surface area is 237 Å². The predicted molar refractivity (Wildman–Crippen MR) is 155 cm³/mol. The van der Waals surface area contributed by atoms with Crippen molar-refractivity contribution >= 4 is 29.4 Å². The molecule has 0 radical (unpaired) electrons. The fourth-order valence-electron chi connectivity index (χ4n) is 3.93. The number of nitrogens with zero attached hydrogens (tertiary/aromatic N) is 1. The van der Waals surface area contributed by atoms with E-state index in [4.69, 9.17) is 4.74 Å². The van der Waals surface area contributed by atoms with Gasteiger partial charge in [-0.3, -0.25) is 24.2 Å². The molecule has 1 atom stereocenters. The first-order valence-electron chi connectivity index (χ1n) is 13.9. The number of nitrogens with one attached hydrogen (secondary N) is 3. The summed E-state index contributed by atoms with van der Waals surface area (Å²) in [5, 5.41) is 8.14. The molecule has 9 heteroatoms. The molecule has 218 valence electrons. The summed E-state index contributed by atoms with van der Waals surface area (Å²) in [6, 6.07) is 10.2. The zero-order valence-electron chi connectivity index (χ0n) is 24.8. The summed E-state index contributed by atoms with van der Waals surface area (Å²) in [5.41, 5.74) is 3.76. The van der Waals surface area contributed by atoms with Gasteiger partial charge in [0.2, 0.25) is 17.7 Å². The standard InChI is InChI=1S/C31H44N4O5/c1-8-9-23-16-21(4)33-25(17-23)14-15-26(36)35-28(20(2)3)29(38)32-18-27(37)34-24-12-10-22(11-13-24)19-40-30(39)31(5,6)7/h10-13,16-17,20,28H,8-9,14-15,18-19H2,1-7H3,(H,32,38)(H,34,37)(H,35,36). The zero-order chi connectivity index (χ0) is 29.9. The largest absolute Gasteiger partial charge is 0.460 e. The van der Waals surface area contributed by atoms with Gasteiger partial charge >= 0.3 is 5.97 Å². The number of aryl methyl sites for hydroxylation is 3. The van der Waals surface area contributed by atoms with Crippen molar-refractivity contribution in [3.05, 3.63) is 58.9 Å². The second kappa shape index (κ2) is 15.1. The fourth-order valence-corrected chi connectivity index (χ4v) is 3.93. The lowest BCUT2D eigenvalue weighted by Gasteiger charge is -2.21. The lowest BCUT2D eigenvalue weighted by Crippen LogP contribution is -2.51. The number of ether oxygens (including phenoxy) is 1. The third-order valence-corrected chi connectivity index (χ3v) is 6.12. The van der Waals surface area contributed by atoms with Crippen LogP contribution in [0.2, 0.25) is 0 Å². The van der Waals surface area contributed by atoms with Gasteiger partial charge in [0.1, 0.15) is 12.6 Å². The fraction of sp³-hybridized carbons (Fsp3) is 0.516. The van der Waals surface area contributed by atoms with Gasteiger partial charge in [0, 0.05) is 23.5 Å². The molecule has 3 N–H and O–H groups in total. The van der Waals surface area contributed by atoms with Gasteiger partial charge in [0.25, 0.3) is 0 Å². The van der Waals surface area contributed by atoms with E-state index < -0.39 is 23.3 Å². The van der Waals surface area contributed by atoms with Crippen molar-refractivity contribution < 1.29 is 23.9 Å². The first-order chi connectivity index (χ1) is 18.8. The molecule has 0 saturated carbocycles. The molecule has 40 heavy (non-hydrogen) atoms. The van der Waals surface area contributed by atoms with Crippen LogP contribution in [0.5, 0.6) is 0 Å². The number of benzene rings is 1. The molecule has 1 aromatic heterocycles. The second-order valence-electron chi connectivity index (χ2n) is 11.4. The molecule has 0 aliphatic carbocycles. The number of esters is 1. The van der Waals surface area contributed by atoms with Crippen LogP contribution >= 0.6 is 0 Å². The first-order valence-corrected chi connectivity index (χ1v) is 13.9. The van der Waals surface area contributed by atoms with Gasteiger partial charge in [0.15, 0.2) is 0 Å². The third kappa shape index (κ3) is 11.2. The van der Waals surface area contributed by atoms with Gasteiger partial charge in [-0.05, 0) is 81.8 Å². The number of carbonyl (C=O) groups excluding carboxylic acids is 4. The van der Waals surface area contributed by atoms with Gasteiger partial charge in [0.05, 0.1) is 12.0 Å². The molecule has 1 heterocycles. The topological polar surface area (TPSA) is 126 Å². The monoisotopic (exact) mass is 552 g/mol. The number of amides is 3. The maximum Gasteiger partial charge on any atom is 0.311 e. The van der Waals surface area contributed by atoms with Crippen molar-refractivity contribution in [3.8, 4) is 0 Å². The molecular formula is C31H44N4O5. The van der Waals surface area contributed by atoms with E-state index in [2.05, 4.69) is 33.9 Å². The van der Waals surface area contributed by atoms with E-state index in [1.165, 1.54) is 5.56 Å². The molecule has 0 fully saturated rings. The highest BCUT2D eigenvalue weighted by Gasteiger charge is 2.25. The smallest absolute Gasteiger partial charge is 0.311 e. The van der Waals surface area contributed by atoms with Crippen molar-refractivity contribution in [3.63, 3.8) is 0 Å². The predicted octanol–water partition coefficient (Wildman–Crippen LogP) is 4.26. The maximum absolute atomic E-state index is 12.8. The van der Waals surface area contributed by atoms with Gasteiger partial charge in [-0.15, -0.1) is 0 Å². The minimum Gasteiger partial charge on any atom is -0.460 e. The molecule has 2 aromatic rings. The van der Waals surface area contributed by atoms with Gasteiger partial charge < -0.3 is 20.7 Å². The Morgan fingerprint density at radius 3 is 2.23 bits per heavy atom. The Morgan fingerprint density at radius 2 is 1.62 bits per heavy atom. The number of carbonyl (C=O) groups is 4. The van der Waals surface area contributed by atoms with Gasteiger partial charge in [-0.1, -0.05) is 39.3 Å². The van der Waals surface area contributed by atoms with E-state index in [1.807, 2.05) is 26.8 Å². The summed E-state index contributed by atoms with van der Waals surface area (Å²) in [6.45, 7) is 13.0. The van der Waals surface area contributed by atoms with Crippen LogP contribution in [-0.4, -0.2) is 41.3 Å². The number of pyridine rings is 1. The molecule has 0 spiro atoms.